The summed E-state index contributed by atoms with van der Waals surface area (Å²) in [7, 11) is 0. The van der Waals surface area contributed by atoms with Gasteiger partial charge < -0.3 is 20.1 Å². The average Bonchev–Trinajstić information content (AvgIpc) is 3.62. The number of halogens is 6. The van der Waals surface area contributed by atoms with Gasteiger partial charge in [0.05, 0.1) is 0 Å². The smallest absolute Gasteiger partial charge is 0.475 e. The summed E-state index contributed by atoms with van der Waals surface area (Å²) in [5, 5.41) is 22.0. The number of nitrogens with zero attached hydrogens (tertiary/aromatic N) is 5. The number of aromatic nitrogens is 4. The molecular weight excluding hydrogens is 578 g/mol. The number of aliphatic carboxylic acids is 2. The molecule has 3 aromatic heterocycles. The lowest BCUT2D eigenvalue weighted by Gasteiger charge is -2.24. The van der Waals surface area contributed by atoms with Crippen molar-refractivity contribution in [2.24, 2.45) is 0 Å². The Bertz CT molecular complexity index is 1340. The first kappa shape index (κ1) is 32.4. The van der Waals surface area contributed by atoms with Crippen LogP contribution in [0.5, 0.6) is 0 Å². The second-order valence-electron chi connectivity index (χ2n) is 9.14. The minimum Gasteiger partial charge on any atom is -0.475 e. The van der Waals surface area contributed by atoms with Gasteiger partial charge >= 0.3 is 24.3 Å². The SMILES string of the molecule is Cc1ncc2c(c1-c1noc(C(c3cccnc3)N3CCCC3)n1)CCNC2.O=C(O)C(F)(F)F.O=C(O)C(F)(F)F. The molecule has 1 fully saturated rings. The number of carbonyl (C=O) groups is 2. The van der Waals surface area contributed by atoms with Crippen LogP contribution >= 0.6 is 0 Å². The van der Waals surface area contributed by atoms with Gasteiger partial charge in [0, 0.05) is 36.4 Å². The predicted molar refractivity (Wildman–Crippen MR) is 132 cm³/mol. The van der Waals surface area contributed by atoms with Crippen molar-refractivity contribution in [1.82, 2.24) is 30.3 Å². The summed E-state index contributed by atoms with van der Waals surface area (Å²) in [5.41, 5.74) is 5.58. The van der Waals surface area contributed by atoms with Crippen molar-refractivity contribution >= 4 is 11.9 Å². The molecule has 1 atom stereocenters. The summed E-state index contributed by atoms with van der Waals surface area (Å²) in [6, 6.07) is 4.00. The Morgan fingerprint density at radius 3 is 2.21 bits per heavy atom. The van der Waals surface area contributed by atoms with Crippen molar-refractivity contribution in [2.45, 2.75) is 51.1 Å². The summed E-state index contributed by atoms with van der Waals surface area (Å²) < 4.78 is 69.3. The van der Waals surface area contributed by atoms with E-state index >= 15 is 0 Å². The first-order chi connectivity index (χ1) is 19.7. The fourth-order valence-corrected chi connectivity index (χ4v) is 4.36. The number of rotatable bonds is 4. The first-order valence-electron chi connectivity index (χ1n) is 12.5. The normalized spacial score (nSPS) is 15.9. The molecule has 0 amide bonds. The molecule has 3 N–H and O–H groups in total. The predicted octanol–water partition coefficient (Wildman–Crippen LogP) is 3.93. The van der Waals surface area contributed by atoms with Gasteiger partial charge in [-0.2, -0.15) is 31.3 Å². The van der Waals surface area contributed by atoms with Crippen LogP contribution in [0.15, 0.2) is 35.2 Å². The zero-order valence-electron chi connectivity index (χ0n) is 22.0. The van der Waals surface area contributed by atoms with E-state index in [2.05, 4.69) is 31.4 Å². The number of likely N-dealkylation sites (tertiary alicyclic amines) is 1. The number of alkyl halides is 6. The summed E-state index contributed by atoms with van der Waals surface area (Å²) in [6.07, 6.45) is -1.17. The van der Waals surface area contributed by atoms with Crippen molar-refractivity contribution in [2.75, 3.05) is 19.6 Å². The van der Waals surface area contributed by atoms with E-state index < -0.39 is 24.3 Å². The summed E-state index contributed by atoms with van der Waals surface area (Å²) in [6.45, 7) is 5.88. The molecule has 228 valence electrons. The van der Waals surface area contributed by atoms with Gasteiger partial charge in [-0.3, -0.25) is 14.9 Å². The van der Waals surface area contributed by atoms with Crippen molar-refractivity contribution < 1.29 is 50.7 Å². The van der Waals surface area contributed by atoms with Gasteiger partial charge in [-0.25, -0.2) is 9.59 Å². The quantitative estimate of drug-likeness (QED) is 0.371. The maximum atomic E-state index is 10.6. The third-order valence-electron chi connectivity index (χ3n) is 6.22. The molecule has 0 aromatic carbocycles. The molecule has 0 spiro atoms. The number of hydrogen-bond acceptors (Lipinski definition) is 9. The van der Waals surface area contributed by atoms with Crippen molar-refractivity contribution in [1.29, 1.82) is 0 Å². The molecule has 5 heterocycles. The van der Waals surface area contributed by atoms with Crippen LogP contribution in [-0.2, 0) is 22.6 Å². The van der Waals surface area contributed by atoms with E-state index in [9.17, 15) is 26.3 Å². The molecule has 0 aliphatic carbocycles. The highest BCUT2D eigenvalue weighted by molar-refractivity contribution is 5.73. The van der Waals surface area contributed by atoms with Crippen LogP contribution in [-0.4, -0.2) is 79.1 Å². The largest absolute Gasteiger partial charge is 0.490 e. The highest BCUT2D eigenvalue weighted by atomic mass is 19.4. The van der Waals surface area contributed by atoms with Crippen LogP contribution in [0.25, 0.3) is 11.4 Å². The van der Waals surface area contributed by atoms with Gasteiger partial charge in [0.1, 0.15) is 6.04 Å². The van der Waals surface area contributed by atoms with E-state index in [-0.39, 0.29) is 6.04 Å². The zero-order chi connectivity index (χ0) is 31.1. The molecule has 1 saturated heterocycles. The summed E-state index contributed by atoms with van der Waals surface area (Å²) in [4.78, 5) is 33.9. The van der Waals surface area contributed by atoms with E-state index in [1.165, 1.54) is 24.0 Å². The standard InChI is InChI=1S/C21H24N6O.2C2HF3O2/c1-14-18(17-6-8-23-12-16(17)13-24-14)20-25-21(28-26-20)19(27-9-2-3-10-27)15-5-4-7-22-11-15;2*3-2(4,5)1(6)7/h4-5,7,11,13,19,23H,2-3,6,8-10,12H2,1H3;2*(H,6,7). The Hall–Kier alpha value is -4.12. The van der Waals surface area contributed by atoms with Crippen LogP contribution in [0, 0.1) is 6.92 Å². The molecule has 0 saturated carbocycles. The number of pyridine rings is 2. The van der Waals surface area contributed by atoms with E-state index in [1.54, 1.807) is 6.20 Å². The second-order valence-corrected chi connectivity index (χ2v) is 9.14. The van der Waals surface area contributed by atoms with Crippen LogP contribution in [0.4, 0.5) is 26.3 Å². The number of aryl methyl sites for hydroxylation is 1. The zero-order valence-corrected chi connectivity index (χ0v) is 22.0. The minimum absolute atomic E-state index is 0.0491. The minimum atomic E-state index is -5.08. The Morgan fingerprint density at radius 1 is 1.05 bits per heavy atom. The van der Waals surface area contributed by atoms with Crippen molar-refractivity contribution in [3.8, 4) is 11.4 Å². The third-order valence-corrected chi connectivity index (χ3v) is 6.22. The van der Waals surface area contributed by atoms with Crippen LogP contribution < -0.4 is 5.32 Å². The molecule has 3 aromatic rings. The van der Waals surface area contributed by atoms with E-state index in [0.717, 1.165) is 49.4 Å². The number of hydrogen-bond donors (Lipinski definition) is 3. The molecular formula is C25H26F6N6O5. The summed E-state index contributed by atoms with van der Waals surface area (Å²) in [5.74, 6) is -4.23. The number of carboxylic acid groups (broad SMARTS) is 2. The lowest BCUT2D eigenvalue weighted by Crippen LogP contribution is -2.27. The highest BCUT2D eigenvalue weighted by Crippen LogP contribution is 2.33. The molecule has 1 unspecified atom stereocenters. The maximum absolute atomic E-state index is 10.6. The number of carboxylic acids is 2. The van der Waals surface area contributed by atoms with Gasteiger partial charge in [0.25, 0.3) is 0 Å². The molecule has 2 aliphatic heterocycles. The second kappa shape index (κ2) is 13.7. The number of nitrogens with one attached hydrogen (secondary N) is 1. The van der Waals surface area contributed by atoms with Gasteiger partial charge in [0.2, 0.25) is 11.7 Å². The topological polar surface area (TPSA) is 155 Å². The Balaban J connectivity index is 0.000000289. The first-order valence-corrected chi connectivity index (χ1v) is 12.5. The van der Waals surface area contributed by atoms with Crippen LogP contribution in [0.2, 0.25) is 0 Å². The molecule has 17 heteroatoms. The fraction of sp³-hybridized carbons (Fsp3) is 0.440. The van der Waals surface area contributed by atoms with E-state index in [1.807, 2.05) is 25.4 Å². The molecule has 0 bridgehead atoms. The van der Waals surface area contributed by atoms with E-state index in [4.69, 9.17) is 29.3 Å². The van der Waals surface area contributed by atoms with Crippen molar-refractivity contribution in [3.05, 3.63) is 59.0 Å². The fourth-order valence-electron chi connectivity index (χ4n) is 4.36. The number of fused-ring (bicyclic) bond motifs is 1. The Morgan fingerprint density at radius 2 is 1.67 bits per heavy atom. The molecule has 2 aliphatic rings. The molecule has 42 heavy (non-hydrogen) atoms. The lowest BCUT2D eigenvalue weighted by atomic mass is 9.95. The maximum Gasteiger partial charge on any atom is 0.490 e. The monoisotopic (exact) mass is 604 g/mol. The molecule has 0 radical (unpaired) electrons. The van der Waals surface area contributed by atoms with Gasteiger partial charge in [-0.15, -0.1) is 0 Å². The molecule has 11 nitrogen and oxygen atoms in total. The highest BCUT2D eigenvalue weighted by Gasteiger charge is 2.39. The van der Waals surface area contributed by atoms with Crippen LogP contribution in [0.3, 0.4) is 0 Å². The van der Waals surface area contributed by atoms with E-state index in [0.29, 0.717) is 11.7 Å². The Kier molecular flexibility index (Phi) is 10.6. The van der Waals surface area contributed by atoms with Gasteiger partial charge in [0.15, 0.2) is 0 Å². The third kappa shape index (κ3) is 8.45. The Labute approximate surface area is 234 Å². The van der Waals surface area contributed by atoms with Gasteiger partial charge in [-0.05, 0) is 68.6 Å². The molecule has 5 rings (SSSR count). The lowest BCUT2D eigenvalue weighted by molar-refractivity contribution is -0.193. The average molecular weight is 605 g/mol. The summed E-state index contributed by atoms with van der Waals surface area (Å²) >= 11 is 0. The van der Waals surface area contributed by atoms with Crippen molar-refractivity contribution in [3.63, 3.8) is 0 Å². The van der Waals surface area contributed by atoms with Gasteiger partial charge in [-0.1, -0.05) is 11.2 Å². The van der Waals surface area contributed by atoms with Crippen LogP contribution in [0.1, 0.15) is 47.2 Å².